The molecule has 1 aromatic carbocycles. The van der Waals surface area contributed by atoms with Crippen molar-refractivity contribution < 1.29 is 9.47 Å². The van der Waals surface area contributed by atoms with E-state index in [9.17, 15) is 0 Å². The highest BCUT2D eigenvalue weighted by atomic mass is 16.5. The zero-order chi connectivity index (χ0) is 14.2. The Hall–Kier alpha value is -1.36. The standard InChI is InChI=1S/C16H24N2O2/c1-18-13-14(15-6-3-4-7-16(15)18)12-17-8-5-9-20-11-10-19-2/h3-4,6-7,13,17H,5,8-12H2,1-2H3. The van der Waals surface area contributed by atoms with Crippen molar-refractivity contribution >= 4 is 10.9 Å². The Morgan fingerprint density at radius 2 is 2.00 bits per heavy atom. The van der Waals surface area contributed by atoms with Gasteiger partial charge in [0.2, 0.25) is 0 Å². The summed E-state index contributed by atoms with van der Waals surface area (Å²) in [5.74, 6) is 0. The van der Waals surface area contributed by atoms with Crippen LogP contribution in [0.5, 0.6) is 0 Å². The molecule has 0 atom stereocenters. The van der Waals surface area contributed by atoms with Crippen molar-refractivity contribution in [3.05, 3.63) is 36.0 Å². The number of nitrogens with zero attached hydrogens (tertiary/aromatic N) is 1. The molecule has 0 saturated heterocycles. The predicted molar refractivity (Wildman–Crippen MR) is 81.9 cm³/mol. The third-order valence-electron chi connectivity index (χ3n) is 3.37. The van der Waals surface area contributed by atoms with Crippen molar-refractivity contribution in [2.45, 2.75) is 13.0 Å². The normalized spacial score (nSPS) is 11.3. The molecule has 0 amide bonds. The van der Waals surface area contributed by atoms with Gasteiger partial charge < -0.3 is 19.4 Å². The minimum absolute atomic E-state index is 0.670. The number of ether oxygens (including phenoxy) is 2. The number of hydrogen-bond acceptors (Lipinski definition) is 3. The molecule has 1 aromatic heterocycles. The molecule has 0 aliphatic rings. The molecule has 0 unspecified atom stereocenters. The van der Waals surface area contributed by atoms with Crippen LogP contribution in [-0.2, 0) is 23.1 Å². The van der Waals surface area contributed by atoms with Gasteiger partial charge in [-0.05, 0) is 24.6 Å². The van der Waals surface area contributed by atoms with E-state index in [1.54, 1.807) is 7.11 Å². The second-order valence-electron chi connectivity index (χ2n) is 4.92. The van der Waals surface area contributed by atoms with Crippen LogP contribution < -0.4 is 5.32 Å². The zero-order valence-corrected chi connectivity index (χ0v) is 12.4. The number of para-hydroxylation sites is 1. The number of methoxy groups -OCH3 is 1. The lowest BCUT2D eigenvalue weighted by Crippen LogP contribution is -2.16. The largest absolute Gasteiger partial charge is 0.382 e. The summed E-state index contributed by atoms with van der Waals surface area (Å²) in [4.78, 5) is 0. The molecule has 110 valence electrons. The number of aryl methyl sites for hydroxylation is 1. The minimum Gasteiger partial charge on any atom is -0.382 e. The Kier molecular flexibility index (Phi) is 6.05. The van der Waals surface area contributed by atoms with E-state index in [-0.39, 0.29) is 0 Å². The number of nitrogens with one attached hydrogen (secondary N) is 1. The van der Waals surface area contributed by atoms with E-state index < -0.39 is 0 Å². The van der Waals surface area contributed by atoms with Crippen LogP contribution in [0.1, 0.15) is 12.0 Å². The summed E-state index contributed by atoms with van der Waals surface area (Å²) in [6.07, 6.45) is 3.22. The second kappa shape index (κ2) is 8.04. The molecular weight excluding hydrogens is 252 g/mol. The Morgan fingerprint density at radius 1 is 1.15 bits per heavy atom. The van der Waals surface area contributed by atoms with E-state index >= 15 is 0 Å². The van der Waals surface area contributed by atoms with Crippen molar-refractivity contribution in [2.75, 3.05) is 33.5 Å². The molecule has 0 radical (unpaired) electrons. The molecule has 1 heterocycles. The predicted octanol–water partition coefficient (Wildman–Crippen LogP) is 2.32. The number of hydrogen-bond donors (Lipinski definition) is 1. The van der Waals surface area contributed by atoms with Crippen LogP contribution in [0, 0.1) is 0 Å². The van der Waals surface area contributed by atoms with Gasteiger partial charge in [-0.2, -0.15) is 0 Å². The molecular formula is C16H24N2O2. The number of fused-ring (bicyclic) bond motifs is 1. The van der Waals surface area contributed by atoms with Crippen LogP contribution >= 0.6 is 0 Å². The summed E-state index contributed by atoms with van der Waals surface area (Å²) in [6, 6.07) is 8.51. The van der Waals surface area contributed by atoms with Gasteiger partial charge in [0.05, 0.1) is 13.2 Å². The fourth-order valence-corrected chi connectivity index (χ4v) is 2.33. The van der Waals surface area contributed by atoms with Gasteiger partial charge in [0, 0.05) is 44.4 Å². The van der Waals surface area contributed by atoms with E-state index in [0.29, 0.717) is 13.2 Å². The molecule has 0 aliphatic carbocycles. The van der Waals surface area contributed by atoms with Gasteiger partial charge >= 0.3 is 0 Å². The first-order chi connectivity index (χ1) is 9.83. The maximum Gasteiger partial charge on any atom is 0.0700 e. The highest BCUT2D eigenvalue weighted by Crippen LogP contribution is 2.19. The summed E-state index contributed by atoms with van der Waals surface area (Å²) in [5.41, 5.74) is 2.63. The summed E-state index contributed by atoms with van der Waals surface area (Å²) in [6.45, 7) is 4.00. The molecule has 1 N–H and O–H groups in total. The maximum absolute atomic E-state index is 5.43. The highest BCUT2D eigenvalue weighted by Gasteiger charge is 2.04. The third kappa shape index (κ3) is 4.07. The fraction of sp³-hybridized carbons (Fsp3) is 0.500. The van der Waals surface area contributed by atoms with E-state index in [0.717, 1.165) is 26.1 Å². The molecule has 0 fully saturated rings. The molecule has 0 aliphatic heterocycles. The molecule has 20 heavy (non-hydrogen) atoms. The van der Waals surface area contributed by atoms with E-state index in [1.807, 2.05) is 0 Å². The van der Waals surface area contributed by atoms with Crippen LogP contribution in [0.4, 0.5) is 0 Å². The first kappa shape index (κ1) is 15.0. The quantitative estimate of drug-likeness (QED) is 0.714. The molecule has 2 aromatic rings. The minimum atomic E-state index is 0.670. The lowest BCUT2D eigenvalue weighted by Gasteiger charge is -2.05. The van der Waals surface area contributed by atoms with Gasteiger partial charge in [0.1, 0.15) is 0 Å². The smallest absolute Gasteiger partial charge is 0.0700 e. The molecule has 4 nitrogen and oxygen atoms in total. The van der Waals surface area contributed by atoms with E-state index in [1.165, 1.54) is 16.5 Å². The second-order valence-corrected chi connectivity index (χ2v) is 4.92. The van der Waals surface area contributed by atoms with Crippen molar-refractivity contribution in [3.63, 3.8) is 0 Å². The number of aromatic nitrogens is 1. The van der Waals surface area contributed by atoms with Gasteiger partial charge in [-0.25, -0.2) is 0 Å². The lowest BCUT2D eigenvalue weighted by atomic mass is 10.2. The van der Waals surface area contributed by atoms with Crippen LogP contribution in [0.3, 0.4) is 0 Å². The monoisotopic (exact) mass is 276 g/mol. The lowest BCUT2D eigenvalue weighted by molar-refractivity contribution is 0.0695. The van der Waals surface area contributed by atoms with Crippen molar-refractivity contribution in [1.82, 2.24) is 9.88 Å². The van der Waals surface area contributed by atoms with Crippen LogP contribution in [0.25, 0.3) is 10.9 Å². The van der Waals surface area contributed by atoms with Gasteiger partial charge in [0.25, 0.3) is 0 Å². The van der Waals surface area contributed by atoms with Crippen molar-refractivity contribution in [3.8, 4) is 0 Å². The summed E-state index contributed by atoms with van der Waals surface area (Å²) < 4.78 is 12.5. The molecule has 4 heteroatoms. The highest BCUT2D eigenvalue weighted by molar-refractivity contribution is 5.83. The zero-order valence-electron chi connectivity index (χ0n) is 12.4. The Bertz CT molecular complexity index is 522. The average molecular weight is 276 g/mol. The van der Waals surface area contributed by atoms with Crippen molar-refractivity contribution in [2.24, 2.45) is 7.05 Å². The van der Waals surface area contributed by atoms with E-state index in [4.69, 9.17) is 9.47 Å². The average Bonchev–Trinajstić information content (AvgIpc) is 2.79. The first-order valence-electron chi connectivity index (χ1n) is 7.13. The van der Waals surface area contributed by atoms with Gasteiger partial charge in [-0.15, -0.1) is 0 Å². The summed E-state index contributed by atoms with van der Waals surface area (Å²) >= 11 is 0. The van der Waals surface area contributed by atoms with Crippen molar-refractivity contribution in [1.29, 1.82) is 0 Å². The molecule has 0 bridgehead atoms. The fourth-order valence-electron chi connectivity index (χ4n) is 2.33. The number of rotatable bonds is 9. The van der Waals surface area contributed by atoms with Gasteiger partial charge in [-0.3, -0.25) is 0 Å². The van der Waals surface area contributed by atoms with Crippen LogP contribution in [0.2, 0.25) is 0 Å². The summed E-state index contributed by atoms with van der Waals surface area (Å²) in [5, 5.41) is 4.81. The van der Waals surface area contributed by atoms with E-state index in [2.05, 4.69) is 47.4 Å². The summed E-state index contributed by atoms with van der Waals surface area (Å²) in [7, 11) is 3.78. The van der Waals surface area contributed by atoms with Gasteiger partial charge in [0.15, 0.2) is 0 Å². The first-order valence-corrected chi connectivity index (χ1v) is 7.13. The molecule has 0 saturated carbocycles. The Morgan fingerprint density at radius 3 is 2.85 bits per heavy atom. The van der Waals surface area contributed by atoms with Crippen LogP contribution in [-0.4, -0.2) is 38.0 Å². The van der Waals surface area contributed by atoms with Gasteiger partial charge in [-0.1, -0.05) is 18.2 Å². The SMILES string of the molecule is COCCOCCCNCc1cn(C)c2ccccc12. The Balaban J connectivity index is 1.71. The third-order valence-corrected chi connectivity index (χ3v) is 3.37. The van der Waals surface area contributed by atoms with Crippen LogP contribution in [0.15, 0.2) is 30.5 Å². The molecule has 0 spiro atoms. The maximum atomic E-state index is 5.43. The molecule has 2 rings (SSSR count). The topological polar surface area (TPSA) is 35.4 Å². The Labute approximate surface area is 120 Å². The number of benzene rings is 1.